The summed E-state index contributed by atoms with van der Waals surface area (Å²) in [6.07, 6.45) is 1.61. The Morgan fingerprint density at radius 3 is 2.52 bits per heavy atom. The number of halogens is 2. The van der Waals surface area contributed by atoms with Gasteiger partial charge in [-0.2, -0.15) is 0 Å². The maximum Gasteiger partial charge on any atom is 0.231 e. The van der Waals surface area contributed by atoms with Crippen LogP contribution >= 0.6 is 23.2 Å². The van der Waals surface area contributed by atoms with Crippen molar-refractivity contribution in [1.29, 1.82) is 0 Å². The molecular weight excluding hydrogens is 411 g/mol. The molecule has 0 atom stereocenters. The Balaban J connectivity index is 1.48. The van der Waals surface area contributed by atoms with Gasteiger partial charge in [-0.05, 0) is 54.1 Å². The van der Waals surface area contributed by atoms with Gasteiger partial charge in [0.25, 0.3) is 0 Å². The third-order valence-electron chi connectivity index (χ3n) is 4.37. The summed E-state index contributed by atoms with van der Waals surface area (Å²) < 4.78 is 11.3. The fraction of sp³-hybridized carbons (Fsp3) is 0.0435. The normalized spacial score (nSPS) is 13.9. The zero-order chi connectivity index (χ0) is 20.4. The molecule has 0 saturated carbocycles. The molecule has 0 fully saturated rings. The van der Waals surface area contributed by atoms with Gasteiger partial charge in [0.2, 0.25) is 5.78 Å². The predicted octanol–water partition coefficient (Wildman–Crippen LogP) is 5.87. The SMILES string of the molecule is O=C(COc1ccc2c(c1)O/C(=C\c1ccccc1Cl)C2=O)c1ccc(Cl)cc1. The zero-order valence-corrected chi connectivity index (χ0v) is 16.5. The Morgan fingerprint density at radius 1 is 1.00 bits per heavy atom. The summed E-state index contributed by atoms with van der Waals surface area (Å²) >= 11 is 12.0. The van der Waals surface area contributed by atoms with Crippen LogP contribution in [0, 0.1) is 0 Å². The minimum atomic E-state index is -0.233. The number of ether oxygens (including phenoxy) is 2. The monoisotopic (exact) mass is 424 g/mol. The summed E-state index contributed by atoms with van der Waals surface area (Å²) in [5, 5.41) is 1.08. The lowest BCUT2D eigenvalue weighted by atomic mass is 10.1. The van der Waals surface area contributed by atoms with E-state index in [0.717, 1.165) is 0 Å². The molecule has 4 nitrogen and oxygen atoms in total. The first-order chi connectivity index (χ1) is 14.0. The predicted molar refractivity (Wildman–Crippen MR) is 112 cm³/mol. The molecule has 144 valence electrons. The first kappa shape index (κ1) is 19.2. The molecule has 29 heavy (non-hydrogen) atoms. The maximum atomic E-state index is 12.6. The summed E-state index contributed by atoms with van der Waals surface area (Å²) in [4.78, 5) is 24.8. The van der Waals surface area contributed by atoms with Crippen LogP contribution in [0.3, 0.4) is 0 Å². The minimum absolute atomic E-state index is 0.142. The topological polar surface area (TPSA) is 52.6 Å². The van der Waals surface area contributed by atoms with Crippen molar-refractivity contribution in [3.63, 3.8) is 0 Å². The number of hydrogen-bond acceptors (Lipinski definition) is 4. The summed E-state index contributed by atoms with van der Waals surface area (Å²) in [5.74, 6) is 0.576. The van der Waals surface area contributed by atoms with Crippen LogP contribution in [-0.2, 0) is 0 Å². The Morgan fingerprint density at radius 2 is 1.76 bits per heavy atom. The van der Waals surface area contributed by atoms with E-state index in [4.69, 9.17) is 32.7 Å². The molecule has 0 N–H and O–H groups in total. The third-order valence-corrected chi connectivity index (χ3v) is 4.97. The number of allylic oxidation sites excluding steroid dienone is 1. The van der Waals surface area contributed by atoms with E-state index in [1.54, 1.807) is 60.7 Å². The van der Waals surface area contributed by atoms with E-state index >= 15 is 0 Å². The van der Waals surface area contributed by atoms with Gasteiger partial charge in [-0.15, -0.1) is 0 Å². The van der Waals surface area contributed by atoms with Crippen molar-refractivity contribution < 1.29 is 19.1 Å². The van der Waals surface area contributed by atoms with Crippen LogP contribution in [0.1, 0.15) is 26.3 Å². The highest BCUT2D eigenvalue weighted by molar-refractivity contribution is 6.32. The van der Waals surface area contributed by atoms with Gasteiger partial charge in [0, 0.05) is 21.7 Å². The molecule has 1 aliphatic rings. The lowest BCUT2D eigenvalue weighted by Gasteiger charge is -2.07. The van der Waals surface area contributed by atoms with Crippen molar-refractivity contribution in [2.75, 3.05) is 6.61 Å². The van der Waals surface area contributed by atoms with E-state index in [0.29, 0.717) is 38.2 Å². The van der Waals surface area contributed by atoms with Gasteiger partial charge in [-0.3, -0.25) is 9.59 Å². The van der Waals surface area contributed by atoms with Crippen molar-refractivity contribution in [2.45, 2.75) is 0 Å². The van der Waals surface area contributed by atoms with Gasteiger partial charge in [-0.1, -0.05) is 41.4 Å². The van der Waals surface area contributed by atoms with Gasteiger partial charge in [0.05, 0.1) is 5.56 Å². The van der Waals surface area contributed by atoms with Gasteiger partial charge in [0.15, 0.2) is 18.1 Å². The molecule has 6 heteroatoms. The van der Waals surface area contributed by atoms with Crippen LogP contribution in [0.5, 0.6) is 11.5 Å². The fourth-order valence-electron chi connectivity index (χ4n) is 2.86. The van der Waals surface area contributed by atoms with Crippen molar-refractivity contribution in [3.8, 4) is 11.5 Å². The minimum Gasteiger partial charge on any atom is -0.485 e. The molecule has 0 bridgehead atoms. The fourth-order valence-corrected chi connectivity index (χ4v) is 3.17. The second-order valence-corrected chi connectivity index (χ2v) is 7.18. The maximum absolute atomic E-state index is 12.6. The highest BCUT2D eigenvalue weighted by Gasteiger charge is 2.28. The molecule has 1 aliphatic heterocycles. The number of rotatable bonds is 5. The number of benzene rings is 3. The zero-order valence-electron chi connectivity index (χ0n) is 15.0. The first-order valence-electron chi connectivity index (χ1n) is 8.75. The average molecular weight is 425 g/mol. The Kier molecular flexibility index (Phi) is 5.38. The summed E-state index contributed by atoms with van der Waals surface area (Å²) in [7, 11) is 0. The molecule has 0 radical (unpaired) electrons. The molecule has 3 aromatic carbocycles. The molecular formula is C23H14Cl2O4. The molecule has 4 rings (SSSR count). The first-order valence-corrected chi connectivity index (χ1v) is 9.51. The second-order valence-electron chi connectivity index (χ2n) is 6.34. The van der Waals surface area contributed by atoms with Crippen molar-refractivity contribution in [3.05, 3.63) is 99.2 Å². The van der Waals surface area contributed by atoms with Crippen molar-refractivity contribution >= 4 is 40.8 Å². The smallest absolute Gasteiger partial charge is 0.231 e. The van der Waals surface area contributed by atoms with Gasteiger partial charge < -0.3 is 9.47 Å². The second kappa shape index (κ2) is 8.11. The average Bonchev–Trinajstić information content (AvgIpc) is 3.03. The summed E-state index contributed by atoms with van der Waals surface area (Å²) in [5.41, 5.74) is 1.63. The number of ketones is 2. The lowest BCUT2D eigenvalue weighted by Crippen LogP contribution is -2.11. The Hall–Kier alpha value is -3.08. The van der Waals surface area contributed by atoms with Crippen LogP contribution in [0.25, 0.3) is 6.08 Å². The lowest BCUT2D eigenvalue weighted by molar-refractivity contribution is 0.0921. The number of carbonyl (C=O) groups is 2. The quantitative estimate of drug-likeness (QED) is 0.379. The third kappa shape index (κ3) is 4.19. The Bertz CT molecular complexity index is 1130. The molecule has 1 heterocycles. The number of Topliss-reactive ketones (excluding diaryl/α,β-unsaturated/α-hetero) is 2. The molecule has 0 amide bonds. The highest BCUT2D eigenvalue weighted by Crippen LogP contribution is 2.35. The van der Waals surface area contributed by atoms with E-state index in [9.17, 15) is 9.59 Å². The van der Waals surface area contributed by atoms with Gasteiger partial charge in [0.1, 0.15) is 11.5 Å². The van der Waals surface area contributed by atoms with Crippen LogP contribution in [-0.4, -0.2) is 18.2 Å². The summed E-state index contributed by atoms with van der Waals surface area (Å²) in [6.45, 7) is -0.142. The van der Waals surface area contributed by atoms with Crippen molar-refractivity contribution in [1.82, 2.24) is 0 Å². The van der Waals surface area contributed by atoms with Gasteiger partial charge >= 0.3 is 0 Å². The van der Waals surface area contributed by atoms with Crippen LogP contribution in [0.4, 0.5) is 0 Å². The molecule has 0 aromatic heterocycles. The highest BCUT2D eigenvalue weighted by atomic mass is 35.5. The van der Waals surface area contributed by atoms with E-state index in [2.05, 4.69) is 0 Å². The van der Waals surface area contributed by atoms with E-state index in [1.807, 2.05) is 12.1 Å². The molecule has 3 aromatic rings. The van der Waals surface area contributed by atoms with Gasteiger partial charge in [-0.25, -0.2) is 0 Å². The Labute approximate surface area is 177 Å². The van der Waals surface area contributed by atoms with E-state index in [1.165, 1.54) is 0 Å². The largest absolute Gasteiger partial charge is 0.485 e. The number of carbonyl (C=O) groups excluding carboxylic acids is 2. The van der Waals surface area contributed by atoms with E-state index < -0.39 is 0 Å². The van der Waals surface area contributed by atoms with Crippen molar-refractivity contribution in [2.24, 2.45) is 0 Å². The molecule has 0 unspecified atom stereocenters. The number of hydrogen-bond donors (Lipinski definition) is 0. The van der Waals surface area contributed by atoms with Crippen LogP contribution < -0.4 is 9.47 Å². The summed E-state index contributed by atoms with van der Waals surface area (Å²) in [6, 6.07) is 18.6. The standard InChI is InChI=1S/C23H14Cl2O4/c24-16-7-5-14(6-8-16)20(26)13-28-17-9-10-18-21(12-17)29-22(23(18)27)11-15-3-1-2-4-19(15)25/h1-12H,13H2/b22-11-. The molecule has 0 aliphatic carbocycles. The van der Waals surface area contributed by atoms with Crippen LogP contribution in [0.15, 0.2) is 72.5 Å². The van der Waals surface area contributed by atoms with Crippen LogP contribution in [0.2, 0.25) is 10.0 Å². The molecule has 0 spiro atoms. The number of fused-ring (bicyclic) bond motifs is 1. The molecule has 0 saturated heterocycles. The van der Waals surface area contributed by atoms with E-state index in [-0.39, 0.29) is 23.9 Å².